The first-order valence-electron chi connectivity index (χ1n) is 7.10. The molecule has 0 amide bonds. The fourth-order valence-corrected chi connectivity index (χ4v) is 2.70. The fraction of sp³-hybridized carbons (Fsp3) is 0.786. The van der Waals surface area contributed by atoms with Gasteiger partial charge in [0.15, 0.2) is 0 Å². The van der Waals surface area contributed by atoms with Crippen LogP contribution in [0.2, 0.25) is 0 Å². The molecule has 2 atom stereocenters. The summed E-state index contributed by atoms with van der Waals surface area (Å²) < 4.78 is 8.16. The first-order chi connectivity index (χ1) is 8.70. The Balaban J connectivity index is 1.47. The van der Waals surface area contributed by atoms with Gasteiger partial charge in [-0.25, -0.2) is 0 Å². The van der Waals surface area contributed by atoms with Crippen LogP contribution in [-0.2, 0) is 11.3 Å². The summed E-state index contributed by atoms with van der Waals surface area (Å²) in [5.41, 5.74) is 2.33. The molecule has 1 aromatic heterocycles. The smallest absolute Gasteiger partial charge is 0.0776 e. The van der Waals surface area contributed by atoms with Crippen LogP contribution in [0.25, 0.3) is 0 Å². The molecule has 4 heteroatoms. The summed E-state index contributed by atoms with van der Waals surface area (Å²) in [5.74, 6) is 0. The number of aryl methyl sites for hydroxylation is 2. The highest BCUT2D eigenvalue weighted by atomic mass is 16.5. The van der Waals surface area contributed by atoms with Crippen LogP contribution in [0.15, 0.2) is 6.07 Å². The van der Waals surface area contributed by atoms with Crippen molar-refractivity contribution < 1.29 is 4.74 Å². The van der Waals surface area contributed by atoms with E-state index in [0.29, 0.717) is 12.2 Å². The predicted molar refractivity (Wildman–Crippen MR) is 70.6 cm³/mol. The van der Waals surface area contributed by atoms with Crippen LogP contribution >= 0.6 is 0 Å². The number of ether oxygens (including phenoxy) is 1. The van der Waals surface area contributed by atoms with Crippen molar-refractivity contribution in [3.63, 3.8) is 0 Å². The summed E-state index contributed by atoms with van der Waals surface area (Å²) in [6.07, 6.45) is 5.80. The molecule has 0 radical (unpaired) electrons. The molecule has 2 unspecified atom stereocenters. The lowest BCUT2D eigenvalue weighted by molar-refractivity contribution is 0.0336. The van der Waals surface area contributed by atoms with Gasteiger partial charge in [-0.1, -0.05) is 0 Å². The van der Waals surface area contributed by atoms with Gasteiger partial charge in [0.05, 0.1) is 24.4 Å². The zero-order valence-electron chi connectivity index (χ0n) is 11.4. The van der Waals surface area contributed by atoms with Gasteiger partial charge >= 0.3 is 0 Å². The van der Waals surface area contributed by atoms with Gasteiger partial charge in [0.25, 0.3) is 0 Å². The third-order valence-electron chi connectivity index (χ3n) is 3.89. The summed E-state index contributed by atoms with van der Waals surface area (Å²) in [6, 6.07) is 2.91. The molecule has 0 bridgehead atoms. The average molecular weight is 249 g/mol. The van der Waals surface area contributed by atoms with Crippen LogP contribution in [0.4, 0.5) is 0 Å². The molecule has 0 aromatic carbocycles. The van der Waals surface area contributed by atoms with Crippen LogP contribution < -0.4 is 5.32 Å². The van der Waals surface area contributed by atoms with Crippen LogP contribution in [0.5, 0.6) is 0 Å². The first-order valence-corrected chi connectivity index (χ1v) is 7.10. The van der Waals surface area contributed by atoms with Crippen LogP contribution in [0, 0.1) is 13.8 Å². The molecule has 1 aliphatic heterocycles. The van der Waals surface area contributed by atoms with Gasteiger partial charge in [0, 0.05) is 18.3 Å². The maximum Gasteiger partial charge on any atom is 0.0776 e. The standard InChI is InChI=1S/C14H23N3O/c1-10-7-11(2)17(16-10)9-14-6-5-13(18-14)8-15-12-3-4-12/h7,12-15H,3-6,8-9H2,1-2H3. The lowest BCUT2D eigenvalue weighted by atomic mass is 10.2. The van der Waals surface area contributed by atoms with Crippen LogP contribution in [0.1, 0.15) is 37.1 Å². The SMILES string of the molecule is Cc1cc(C)n(CC2CCC(CNC3CC3)O2)n1. The highest BCUT2D eigenvalue weighted by Crippen LogP contribution is 2.23. The largest absolute Gasteiger partial charge is 0.372 e. The molecular formula is C14H23N3O. The lowest BCUT2D eigenvalue weighted by Crippen LogP contribution is -2.29. The maximum absolute atomic E-state index is 6.08. The molecule has 18 heavy (non-hydrogen) atoms. The molecule has 2 fully saturated rings. The van der Waals surface area contributed by atoms with Crippen molar-refractivity contribution in [2.45, 2.75) is 64.3 Å². The van der Waals surface area contributed by atoms with Gasteiger partial charge < -0.3 is 10.1 Å². The Kier molecular flexibility index (Phi) is 3.39. The minimum absolute atomic E-state index is 0.342. The van der Waals surface area contributed by atoms with E-state index in [1.165, 1.54) is 25.0 Å². The molecule has 2 heterocycles. The van der Waals surface area contributed by atoms with E-state index in [9.17, 15) is 0 Å². The zero-order chi connectivity index (χ0) is 12.5. The van der Waals surface area contributed by atoms with E-state index in [-0.39, 0.29) is 0 Å². The van der Waals surface area contributed by atoms with Crippen molar-refractivity contribution in [1.29, 1.82) is 0 Å². The van der Waals surface area contributed by atoms with Gasteiger partial charge in [-0.05, 0) is 45.6 Å². The molecule has 1 N–H and O–H groups in total. The second-order valence-corrected chi connectivity index (χ2v) is 5.75. The van der Waals surface area contributed by atoms with Crippen molar-refractivity contribution >= 4 is 0 Å². The Morgan fingerprint density at radius 3 is 2.72 bits per heavy atom. The molecule has 1 aromatic rings. The Bertz CT molecular complexity index is 411. The van der Waals surface area contributed by atoms with Crippen LogP contribution in [0.3, 0.4) is 0 Å². The molecule has 100 valence electrons. The third kappa shape index (κ3) is 2.93. The fourth-order valence-electron chi connectivity index (χ4n) is 2.70. The van der Waals surface area contributed by atoms with Crippen LogP contribution in [-0.4, -0.2) is 34.6 Å². The molecule has 1 saturated heterocycles. The summed E-state index contributed by atoms with van der Waals surface area (Å²) in [6.45, 7) is 6.08. The number of nitrogens with zero attached hydrogens (tertiary/aromatic N) is 2. The molecular weight excluding hydrogens is 226 g/mol. The Labute approximate surface area is 109 Å². The zero-order valence-corrected chi connectivity index (χ0v) is 11.4. The number of hydrogen-bond donors (Lipinski definition) is 1. The van der Waals surface area contributed by atoms with E-state index in [1.54, 1.807) is 0 Å². The van der Waals surface area contributed by atoms with E-state index in [1.807, 2.05) is 6.92 Å². The summed E-state index contributed by atoms with van der Waals surface area (Å²) in [7, 11) is 0. The second kappa shape index (κ2) is 5.02. The number of aromatic nitrogens is 2. The van der Waals surface area contributed by atoms with Gasteiger partial charge in [-0.15, -0.1) is 0 Å². The topological polar surface area (TPSA) is 39.1 Å². The van der Waals surface area contributed by atoms with Gasteiger partial charge in [-0.2, -0.15) is 5.10 Å². The molecule has 1 saturated carbocycles. The van der Waals surface area contributed by atoms with Crippen molar-refractivity contribution in [3.05, 3.63) is 17.5 Å². The molecule has 2 aliphatic rings. The van der Waals surface area contributed by atoms with Gasteiger partial charge in [0.2, 0.25) is 0 Å². The van der Waals surface area contributed by atoms with Crippen molar-refractivity contribution in [1.82, 2.24) is 15.1 Å². The highest BCUT2D eigenvalue weighted by Gasteiger charge is 2.28. The molecule has 3 rings (SSSR count). The van der Waals surface area contributed by atoms with E-state index >= 15 is 0 Å². The molecule has 1 aliphatic carbocycles. The monoisotopic (exact) mass is 249 g/mol. The summed E-state index contributed by atoms with van der Waals surface area (Å²) >= 11 is 0. The Morgan fingerprint density at radius 1 is 1.28 bits per heavy atom. The predicted octanol–water partition coefficient (Wildman–Crippen LogP) is 1.80. The third-order valence-corrected chi connectivity index (χ3v) is 3.89. The minimum atomic E-state index is 0.342. The first kappa shape index (κ1) is 12.2. The second-order valence-electron chi connectivity index (χ2n) is 5.75. The van der Waals surface area contributed by atoms with Gasteiger partial charge in [-0.3, -0.25) is 4.68 Å². The van der Waals surface area contributed by atoms with E-state index < -0.39 is 0 Å². The highest BCUT2D eigenvalue weighted by molar-refractivity contribution is 5.06. The lowest BCUT2D eigenvalue weighted by Gasteiger charge is -2.15. The molecule has 0 spiro atoms. The summed E-state index contributed by atoms with van der Waals surface area (Å²) in [4.78, 5) is 0. The van der Waals surface area contributed by atoms with Crippen molar-refractivity contribution in [2.75, 3.05) is 6.54 Å². The summed E-state index contributed by atoms with van der Waals surface area (Å²) in [5, 5.41) is 8.06. The number of rotatable bonds is 5. The molecule has 4 nitrogen and oxygen atoms in total. The maximum atomic E-state index is 6.08. The van der Waals surface area contributed by atoms with Crippen molar-refractivity contribution in [3.8, 4) is 0 Å². The van der Waals surface area contributed by atoms with Crippen molar-refractivity contribution in [2.24, 2.45) is 0 Å². The van der Waals surface area contributed by atoms with E-state index in [2.05, 4.69) is 28.1 Å². The van der Waals surface area contributed by atoms with E-state index in [0.717, 1.165) is 31.2 Å². The van der Waals surface area contributed by atoms with E-state index in [4.69, 9.17) is 4.74 Å². The normalized spacial score (nSPS) is 27.9. The Hall–Kier alpha value is -0.870. The van der Waals surface area contributed by atoms with Gasteiger partial charge in [0.1, 0.15) is 0 Å². The Morgan fingerprint density at radius 2 is 2.06 bits per heavy atom. The minimum Gasteiger partial charge on any atom is -0.372 e. The average Bonchev–Trinajstić information content (AvgIpc) is 2.97. The quantitative estimate of drug-likeness (QED) is 0.865. The number of nitrogens with one attached hydrogen (secondary N) is 1. The number of hydrogen-bond acceptors (Lipinski definition) is 3.